The lowest BCUT2D eigenvalue weighted by molar-refractivity contribution is -0.126. The average molecular weight is 281 g/mol. The molecule has 3 N–H and O–H groups in total. The number of likely N-dealkylation sites (tertiary alicyclic amines) is 1. The molecule has 5 heteroatoms. The number of thiophene rings is 1. The van der Waals surface area contributed by atoms with Gasteiger partial charge in [0.05, 0.1) is 5.92 Å². The standard InChI is InChI=1S/C14H23N3OS/c15-5-6-16-14(18)13-2-1-7-17(10-13)8-3-12-4-9-19-11-12/h4,9,11,13H,1-3,5-8,10,15H2,(H,16,18). The quantitative estimate of drug-likeness (QED) is 0.820. The normalized spacial score (nSPS) is 20.4. The van der Waals surface area contributed by atoms with Crippen molar-refractivity contribution in [1.82, 2.24) is 10.2 Å². The van der Waals surface area contributed by atoms with Crippen LogP contribution in [-0.2, 0) is 11.2 Å². The molecule has 0 aliphatic carbocycles. The minimum absolute atomic E-state index is 0.141. The molecule has 1 aromatic heterocycles. The lowest BCUT2D eigenvalue weighted by Gasteiger charge is -2.31. The second-order valence-corrected chi connectivity index (χ2v) is 5.88. The van der Waals surface area contributed by atoms with Crippen LogP contribution in [0.2, 0.25) is 0 Å². The van der Waals surface area contributed by atoms with E-state index < -0.39 is 0 Å². The third-order valence-electron chi connectivity index (χ3n) is 3.62. The Morgan fingerprint density at radius 1 is 1.58 bits per heavy atom. The third-order valence-corrected chi connectivity index (χ3v) is 4.35. The molecular weight excluding hydrogens is 258 g/mol. The number of nitrogens with one attached hydrogen (secondary N) is 1. The van der Waals surface area contributed by atoms with Crippen LogP contribution in [-0.4, -0.2) is 43.5 Å². The second-order valence-electron chi connectivity index (χ2n) is 5.10. The smallest absolute Gasteiger partial charge is 0.224 e. The van der Waals surface area contributed by atoms with Gasteiger partial charge in [-0.3, -0.25) is 4.79 Å². The summed E-state index contributed by atoms with van der Waals surface area (Å²) >= 11 is 1.75. The molecule has 1 saturated heterocycles. The van der Waals surface area contributed by atoms with Crippen LogP contribution in [0.15, 0.2) is 16.8 Å². The fourth-order valence-electron chi connectivity index (χ4n) is 2.53. The van der Waals surface area contributed by atoms with Crippen molar-refractivity contribution in [3.05, 3.63) is 22.4 Å². The van der Waals surface area contributed by atoms with Crippen LogP contribution in [0.5, 0.6) is 0 Å². The number of piperidine rings is 1. The van der Waals surface area contributed by atoms with Gasteiger partial charge in [-0.25, -0.2) is 0 Å². The second kappa shape index (κ2) is 7.62. The zero-order valence-electron chi connectivity index (χ0n) is 11.3. The van der Waals surface area contributed by atoms with Gasteiger partial charge in [0.1, 0.15) is 0 Å². The molecule has 19 heavy (non-hydrogen) atoms. The molecule has 0 radical (unpaired) electrons. The molecule has 0 bridgehead atoms. The highest BCUT2D eigenvalue weighted by Gasteiger charge is 2.25. The van der Waals surface area contributed by atoms with Crippen LogP contribution < -0.4 is 11.1 Å². The highest BCUT2D eigenvalue weighted by molar-refractivity contribution is 7.07. The van der Waals surface area contributed by atoms with Gasteiger partial charge in [-0.05, 0) is 48.2 Å². The summed E-state index contributed by atoms with van der Waals surface area (Å²) < 4.78 is 0. The molecule has 1 atom stereocenters. The molecule has 0 spiro atoms. The number of amides is 1. The van der Waals surface area contributed by atoms with Gasteiger partial charge >= 0.3 is 0 Å². The van der Waals surface area contributed by atoms with Crippen LogP contribution >= 0.6 is 11.3 Å². The minimum atomic E-state index is 0.141. The first kappa shape index (κ1) is 14.5. The molecule has 1 unspecified atom stereocenters. The number of rotatable bonds is 6. The van der Waals surface area contributed by atoms with Gasteiger partial charge in [-0.15, -0.1) is 0 Å². The van der Waals surface area contributed by atoms with Crippen molar-refractivity contribution in [1.29, 1.82) is 0 Å². The first-order valence-electron chi connectivity index (χ1n) is 7.01. The van der Waals surface area contributed by atoms with Crippen molar-refractivity contribution < 1.29 is 4.79 Å². The summed E-state index contributed by atoms with van der Waals surface area (Å²) in [5, 5.41) is 7.23. The Kier molecular flexibility index (Phi) is 5.82. The monoisotopic (exact) mass is 281 g/mol. The SMILES string of the molecule is NCCNC(=O)C1CCCN(CCc2ccsc2)C1. The molecule has 106 valence electrons. The summed E-state index contributed by atoms with van der Waals surface area (Å²) in [6.07, 6.45) is 3.20. The Morgan fingerprint density at radius 3 is 3.21 bits per heavy atom. The van der Waals surface area contributed by atoms with E-state index in [9.17, 15) is 4.79 Å². The van der Waals surface area contributed by atoms with Crippen molar-refractivity contribution in [2.75, 3.05) is 32.7 Å². The Labute approximate surface area is 119 Å². The first-order chi connectivity index (χ1) is 9.29. The van der Waals surface area contributed by atoms with Crippen molar-refractivity contribution in [3.8, 4) is 0 Å². The van der Waals surface area contributed by atoms with Crippen LogP contribution in [0.1, 0.15) is 18.4 Å². The zero-order chi connectivity index (χ0) is 13.5. The topological polar surface area (TPSA) is 58.4 Å². The maximum Gasteiger partial charge on any atom is 0.224 e. The van der Waals surface area contributed by atoms with E-state index in [0.717, 1.165) is 38.9 Å². The predicted octanol–water partition coefficient (Wildman–Crippen LogP) is 1.08. The van der Waals surface area contributed by atoms with Crippen molar-refractivity contribution in [2.45, 2.75) is 19.3 Å². The molecule has 1 aliphatic rings. The summed E-state index contributed by atoms with van der Waals surface area (Å²) in [6.45, 7) is 4.16. The number of carbonyl (C=O) groups is 1. The first-order valence-corrected chi connectivity index (χ1v) is 7.95. The van der Waals surface area contributed by atoms with Crippen LogP contribution in [0.4, 0.5) is 0 Å². The molecule has 0 saturated carbocycles. The molecule has 2 heterocycles. The van der Waals surface area contributed by atoms with Crippen LogP contribution in [0, 0.1) is 5.92 Å². The van der Waals surface area contributed by atoms with Gasteiger partial charge in [0.15, 0.2) is 0 Å². The number of nitrogens with two attached hydrogens (primary N) is 1. The maximum absolute atomic E-state index is 11.9. The van der Waals surface area contributed by atoms with E-state index in [1.165, 1.54) is 5.56 Å². The summed E-state index contributed by atoms with van der Waals surface area (Å²) in [6, 6.07) is 2.18. The van der Waals surface area contributed by atoms with E-state index in [1.807, 2.05) is 0 Å². The summed E-state index contributed by atoms with van der Waals surface area (Å²) in [7, 11) is 0. The van der Waals surface area contributed by atoms with E-state index >= 15 is 0 Å². The molecule has 2 rings (SSSR count). The van der Waals surface area contributed by atoms with Gasteiger partial charge in [0.2, 0.25) is 5.91 Å². The van der Waals surface area contributed by atoms with Gasteiger partial charge in [0.25, 0.3) is 0 Å². The Morgan fingerprint density at radius 2 is 2.47 bits per heavy atom. The molecule has 1 aliphatic heterocycles. The highest BCUT2D eigenvalue weighted by atomic mass is 32.1. The number of hydrogen-bond acceptors (Lipinski definition) is 4. The van der Waals surface area contributed by atoms with E-state index in [4.69, 9.17) is 5.73 Å². The predicted molar refractivity (Wildman–Crippen MR) is 79.3 cm³/mol. The van der Waals surface area contributed by atoms with Crippen LogP contribution in [0.25, 0.3) is 0 Å². The number of nitrogens with zero attached hydrogens (tertiary/aromatic N) is 1. The van der Waals surface area contributed by atoms with Crippen LogP contribution in [0.3, 0.4) is 0 Å². The van der Waals surface area contributed by atoms with Gasteiger partial charge in [-0.1, -0.05) is 0 Å². The van der Waals surface area contributed by atoms with E-state index in [2.05, 4.69) is 27.0 Å². The lowest BCUT2D eigenvalue weighted by atomic mass is 9.97. The summed E-state index contributed by atoms with van der Waals surface area (Å²) in [5.74, 6) is 0.313. The molecule has 0 aromatic carbocycles. The average Bonchev–Trinajstić information content (AvgIpc) is 2.96. The summed E-state index contributed by atoms with van der Waals surface area (Å²) in [5.41, 5.74) is 6.81. The van der Waals surface area contributed by atoms with E-state index in [-0.39, 0.29) is 11.8 Å². The number of hydrogen-bond donors (Lipinski definition) is 2. The summed E-state index contributed by atoms with van der Waals surface area (Å²) in [4.78, 5) is 14.4. The lowest BCUT2D eigenvalue weighted by Crippen LogP contribution is -2.44. The molecule has 1 amide bonds. The van der Waals surface area contributed by atoms with Gasteiger partial charge in [-0.2, -0.15) is 11.3 Å². The zero-order valence-corrected chi connectivity index (χ0v) is 12.1. The molecule has 1 aromatic rings. The molecule has 1 fully saturated rings. The van der Waals surface area contributed by atoms with Crippen molar-refractivity contribution in [3.63, 3.8) is 0 Å². The van der Waals surface area contributed by atoms with Crippen molar-refractivity contribution in [2.24, 2.45) is 11.7 Å². The fourth-order valence-corrected chi connectivity index (χ4v) is 3.24. The van der Waals surface area contributed by atoms with Crippen molar-refractivity contribution >= 4 is 17.2 Å². The van der Waals surface area contributed by atoms with E-state index in [1.54, 1.807) is 11.3 Å². The molecule has 4 nitrogen and oxygen atoms in total. The Bertz CT molecular complexity index is 380. The minimum Gasteiger partial charge on any atom is -0.355 e. The molecular formula is C14H23N3OS. The highest BCUT2D eigenvalue weighted by Crippen LogP contribution is 2.17. The third kappa shape index (κ3) is 4.60. The Balaban J connectivity index is 1.75. The largest absolute Gasteiger partial charge is 0.355 e. The fraction of sp³-hybridized carbons (Fsp3) is 0.643. The maximum atomic E-state index is 11.9. The van der Waals surface area contributed by atoms with Gasteiger partial charge in [0, 0.05) is 26.2 Å². The van der Waals surface area contributed by atoms with E-state index in [0.29, 0.717) is 13.1 Å². The van der Waals surface area contributed by atoms with Gasteiger partial charge < -0.3 is 16.0 Å². The number of carbonyl (C=O) groups excluding carboxylic acids is 1. The Hall–Kier alpha value is -0.910.